The minimum absolute atomic E-state index is 0.0207. The Morgan fingerprint density at radius 3 is 2.65 bits per heavy atom. The Balaban J connectivity index is 1.68. The van der Waals surface area contributed by atoms with Crippen molar-refractivity contribution in [3.8, 4) is 5.75 Å². The number of rotatable bonds is 6. The maximum absolute atomic E-state index is 13.0. The molecule has 0 radical (unpaired) electrons. The number of halogens is 1. The molecule has 0 spiro atoms. The van der Waals surface area contributed by atoms with E-state index in [1.807, 2.05) is 24.3 Å². The molecule has 2 rings (SSSR count). The Hall–Kier alpha value is -2.36. The largest absolute Gasteiger partial charge is 0.484 e. The molecule has 20 heavy (non-hydrogen) atoms. The predicted octanol–water partition coefficient (Wildman–Crippen LogP) is 2.56. The van der Waals surface area contributed by atoms with E-state index >= 15 is 0 Å². The van der Waals surface area contributed by atoms with Gasteiger partial charge >= 0.3 is 0 Å². The second-order valence-electron chi connectivity index (χ2n) is 4.33. The first-order valence-corrected chi connectivity index (χ1v) is 6.43. The Kier molecular flexibility index (Phi) is 5.12. The number of hydrogen-bond donors (Lipinski definition) is 1. The van der Waals surface area contributed by atoms with E-state index in [9.17, 15) is 9.18 Å². The molecule has 2 aromatic carbocycles. The lowest BCUT2D eigenvalue weighted by atomic mass is 10.1. The van der Waals surface area contributed by atoms with Crippen molar-refractivity contribution in [3.05, 3.63) is 66.0 Å². The molecule has 0 heterocycles. The lowest BCUT2D eigenvalue weighted by Crippen LogP contribution is -2.30. The summed E-state index contributed by atoms with van der Waals surface area (Å²) >= 11 is 0. The van der Waals surface area contributed by atoms with Crippen molar-refractivity contribution in [3.63, 3.8) is 0 Å². The van der Waals surface area contributed by atoms with Crippen molar-refractivity contribution in [1.82, 2.24) is 5.32 Å². The van der Waals surface area contributed by atoms with Gasteiger partial charge in [0, 0.05) is 6.54 Å². The number of benzene rings is 2. The average molecular weight is 273 g/mol. The molecular weight excluding hydrogens is 257 g/mol. The van der Waals surface area contributed by atoms with Crippen LogP contribution in [0.4, 0.5) is 4.39 Å². The zero-order valence-electron chi connectivity index (χ0n) is 11.0. The molecule has 104 valence electrons. The molecule has 0 bridgehead atoms. The molecule has 2 aromatic rings. The highest BCUT2D eigenvalue weighted by atomic mass is 19.1. The van der Waals surface area contributed by atoms with Crippen LogP contribution in [0, 0.1) is 5.82 Å². The maximum Gasteiger partial charge on any atom is 0.257 e. The first-order chi connectivity index (χ1) is 9.74. The first kappa shape index (κ1) is 14.1. The molecule has 0 atom stereocenters. The van der Waals surface area contributed by atoms with Gasteiger partial charge in [-0.3, -0.25) is 4.79 Å². The van der Waals surface area contributed by atoms with Crippen LogP contribution in [0.3, 0.4) is 0 Å². The van der Waals surface area contributed by atoms with Gasteiger partial charge in [0.25, 0.3) is 5.91 Å². The van der Waals surface area contributed by atoms with E-state index < -0.39 is 0 Å². The van der Waals surface area contributed by atoms with Gasteiger partial charge in [-0.2, -0.15) is 0 Å². The molecule has 0 saturated carbocycles. The molecule has 0 unspecified atom stereocenters. The van der Waals surface area contributed by atoms with E-state index in [-0.39, 0.29) is 18.3 Å². The Morgan fingerprint density at radius 1 is 1.10 bits per heavy atom. The van der Waals surface area contributed by atoms with Crippen molar-refractivity contribution in [2.24, 2.45) is 0 Å². The molecule has 0 saturated heterocycles. The van der Waals surface area contributed by atoms with Crippen LogP contribution in [0.2, 0.25) is 0 Å². The quantitative estimate of drug-likeness (QED) is 0.878. The first-order valence-electron chi connectivity index (χ1n) is 6.43. The fourth-order valence-electron chi connectivity index (χ4n) is 1.76. The van der Waals surface area contributed by atoms with Crippen LogP contribution in [0.5, 0.6) is 5.75 Å². The van der Waals surface area contributed by atoms with E-state index in [1.165, 1.54) is 12.1 Å². The number of carbonyl (C=O) groups is 1. The highest BCUT2D eigenvalue weighted by Gasteiger charge is 2.02. The second kappa shape index (κ2) is 7.28. The average Bonchev–Trinajstić information content (AvgIpc) is 2.46. The van der Waals surface area contributed by atoms with E-state index in [1.54, 1.807) is 18.2 Å². The van der Waals surface area contributed by atoms with E-state index in [0.29, 0.717) is 18.7 Å². The molecule has 4 heteroatoms. The fraction of sp³-hybridized carbons (Fsp3) is 0.188. The van der Waals surface area contributed by atoms with Crippen LogP contribution >= 0.6 is 0 Å². The normalized spacial score (nSPS) is 10.1. The van der Waals surface area contributed by atoms with Gasteiger partial charge < -0.3 is 10.1 Å². The summed E-state index contributed by atoms with van der Waals surface area (Å²) in [4.78, 5) is 11.6. The van der Waals surface area contributed by atoms with E-state index in [0.717, 1.165) is 5.56 Å². The Labute approximate surface area is 117 Å². The summed E-state index contributed by atoms with van der Waals surface area (Å²) in [5.41, 5.74) is 0.856. The highest BCUT2D eigenvalue weighted by Crippen LogP contribution is 2.07. The maximum atomic E-state index is 13.0. The molecule has 0 fully saturated rings. The van der Waals surface area contributed by atoms with Crippen molar-refractivity contribution in [1.29, 1.82) is 0 Å². The van der Waals surface area contributed by atoms with Crippen LogP contribution < -0.4 is 10.1 Å². The number of nitrogens with one attached hydrogen (secondary N) is 1. The smallest absolute Gasteiger partial charge is 0.257 e. The molecule has 0 aromatic heterocycles. The molecule has 1 N–H and O–H groups in total. The molecule has 0 aliphatic heterocycles. The summed E-state index contributed by atoms with van der Waals surface area (Å²) < 4.78 is 18.3. The number of amides is 1. The summed E-state index contributed by atoms with van der Waals surface area (Å²) in [7, 11) is 0. The van der Waals surface area contributed by atoms with Crippen molar-refractivity contribution >= 4 is 5.91 Å². The zero-order chi connectivity index (χ0) is 14.2. The molecule has 1 amide bonds. The Morgan fingerprint density at radius 2 is 1.90 bits per heavy atom. The highest BCUT2D eigenvalue weighted by molar-refractivity contribution is 5.77. The monoisotopic (exact) mass is 273 g/mol. The van der Waals surface area contributed by atoms with Crippen molar-refractivity contribution in [2.45, 2.75) is 6.42 Å². The summed E-state index contributed by atoms with van der Waals surface area (Å²) in [5, 5.41) is 2.73. The lowest BCUT2D eigenvalue weighted by molar-refractivity contribution is -0.123. The third-order valence-electron chi connectivity index (χ3n) is 2.74. The van der Waals surface area contributed by atoms with E-state index in [2.05, 4.69) is 5.32 Å². The standard InChI is InChI=1S/C16H16FNO2/c17-14-6-4-5-13(11-14)9-10-18-16(19)12-20-15-7-2-1-3-8-15/h1-8,11H,9-10,12H2,(H,18,19). The molecule has 0 aliphatic carbocycles. The minimum Gasteiger partial charge on any atom is -0.484 e. The van der Waals surface area contributed by atoms with Gasteiger partial charge in [-0.15, -0.1) is 0 Å². The number of para-hydroxylation sites is 1. The van der Waals surface area contributed by atoms with Crippen LogP contribution in [-0.4, -0.2) is 19.1 Å². The molecular formula is C16H16FNO2. The zero-order valence-corrected chi connectivity index (χ0v) is 11.0. The summed E-state index contributed by atoms with van der Waals surface area (Å²) in [6, 6.07) is 15.5. The summed E-state index contributed by atoms with van der Waals surface area (Å²) in [6.45, 7) is 0.438. The summed E-state index contributed by atoms with van der Waals surface area (Å²) in [6.07, 6.45) is 0.592. The van der Waals surface area contributed by atoms with Gasteiger partial charge in [-0.05, 0) is 36.2 Å². The van der Waals surface area contributed by atoms with Crippen LogP contribution in [0.15, 0.2) is 54.6 Å². The Bertz CT molecular complexity index is 557. The fourth-order valence-corrected chi connectivity index (χ4v) is 1.76. The van der Waals surface area contributed by atoms with Crippen molar-refractivity contribution < 1.29 is 13.9 Å². The van der Waals surface area contributed by atoms with Crippen LogP contribution in [0.25, 0.3) is 0 Å². The SMILES string of the molecule is O=C(COc1ccccc1)NCCc1cccc(F)c1. The topological polar surface area (TPSA) is 38.3 Å². The van der Waals surface area contributed by atoms with Crippen molar-refractivity contribution in [2.75, 3.05) is 13.2 Å². The van der Waals surface area contributed by atoms with Crippen LogP contribution in [-0.2, 0) is 11.2 Å². The van der Waals surface area contributed by atoms with Crippen LogP contribution in [0.1, 0.15) is 5.56 Å². The number of ether oxygens (including phenoxy) is 1. The third-order valence-corrected chi connectivity index (χ3v) is 2.74. The lowest BCUT2D eigenvalue weighted by Gasteiger charge is -2.07. The minimum atomic E-state index is -0.263. The third kappa shape index (κ3) is 4.72. The predicted molar refractivity (Wildman–Crippen MR) is 75.1 cm³/mol. The van der Waals surface area contributed by atoms with Gasteiger partial charge in [0.15, 0.2) is 6.61 Å². The second-order valence-corrected chi connectivity index (χ2v) is 4.33. The van der Waals surface area contributed by atoms with Gasteiger partial charge in [0.05, 0.1) is 0 Å². The summed E-state index contributed by atoms with van der Waals surface area (Å²) in [5.74, 6) is 0.208. The van der Waals surface area contributed by atoms with Gasteiger partial charge in [-0.25, -0.2) is 4.39 Å². The molecule has 0 aliphatic rings. The van der Waals surface area contributed by atoms with Gasteiger partial charge in [-0.1, -0.05) is 30.3 Å². The molecule has 3 nitrogen and oxygen atoms in total. The number of hydrogen-bond acceptors (Lipinski definition) is 2. The number of carbonyl (C=O) groups excluding carboxylic acids is 1. The van der Waals surface area contributed by atoms with Gasteiger partial charge in [0.1, 0.15) is 11.6 Å². The van der Waals surface area contributed by atoms with Gasteiger partial charge in [0.2, 0.25) is 0 Å². The van der Waals surface area contributed by atoms with E-state index in [4.69, 9.17) is 4.74 Å².